The van der Waals surface area contributed by atoms with Crippen molar-refractivity contribution in [1.82, 2.24) is 0 Å². The molecule has 0 aliphatic heterocycles. The first-order valence-electron chi connectivity index (χ1n) is 4.78. The number of para-hydroxylation sites is 1. The molecule has 5 heteroatoms. The fourth-order valence-corrected chi connectivity index (χ4v) is 1.98. The lowest BCUT2D eigenvalue weighted by atomic mass is 9.98. The molecule has 1 rings (SSSR count). The number of benzene rings is 1. The third kappa shape index (κ3) is 3.92. The van der Waals surface area contributed by atoms with E-state index < -0.39 is 6.72 Å². The van der Waals surface area contributed by atoms with Gasteiger partial charge in [0.05, 0.1) is 0 Å². The second-order valence-electron chi connectivity index (χ2n) is 3.43. The molecule has 1 aromatic carbocycles. The van der Waals surface area contributed by atoms with E-state index in [9.17, 15) is 0 Å². The van der Waals surface area contributed by atoms with Gasteiger partial charge in [-0.2, -0.15) is 0 Å². The fraction of sp³-hybridized carbons (Fsp3) is 0.400. The lowest BCUT2D eigenvalue weighted by Crippen LogP contribution is -1.98. The zero-order chi connectivity index (χ0) is 11.5. The summed E-state index contributed by atoms with van der Waals surface area (Å²) in [4.78, 5) is 18.2. The summed E-state index contributed by atoms with van der Waals surface area (Å²) in [5, 5.41) is 0. The molecular weight excluding hydrogens is 231 g/mol. The van der Waals surface area contributed by atoms with Gasteiger partial charge in [-0.1, -0.05) is 32.0 Å². The van der Waals surface area contributed by atoms with Crippen LogP contribution >= 0.6 is 6.72 Å². The van der Waals surface area contributed by atoms with Crippen molar-refractivity contribution in [2.24, 2.45) is 0 Å². The Labute approximate surface area is 95.0 Å². The molecular formula is C10H15O3PS. The second kappa shape index (κ2) is 5.08. The predicted octanol–water partition coefficient (Wildman–Crippen LogP) is 2.79. The van der Waals surface area contributed by atoms with Gasteiger partial charge >= 0.3 is 6.72 Å². The van der Waals surface area contributed by atoms with Crippen molar-refractivity contribution >= 4 is 18.5 Å². The summed E-state index contributed by atoms with van der Waals surface area (Å²) in [5.74, 6) is 0.780. The van der Waals surface area contributed by atoms with E-state index in [1.54, 1.807) is 12.1 Å². The van der Waals surface area contributed by atoms with Gasteiger partial charge in [0.2, 0.25) is 0 Å². The summed E-state index contributed by atoms with van der Waals surface area (Å²) in [6.07, 6.45) is 0.958. The van der Waals surface area contributed by atoms with Crippen LogP contribution < -0.4 is 4.52 Å². The van der Waals surface area contributed by atoms with Gasteiger partial charge in [-0.15, -0.1) is 0 Å². The van der Waals surface area contributed by atoms with Gasteiger partial charge in [-0.05, 0) is 24.0 Å². The van der Waals surface area contributed by atoms with Crippen LogP contribution in [0.5, 0.6) is 5.75 Å². The van der Waals surface area contributed by atoms with Crippen molar-refractivity contribution in [3.05, 3.63) is 29.8 Å². The van der Waals surface area contributed by atoms with Crippen LogP contribution in [0.25, 0.3) is 0 Å². The van der Waals surface area contributed by atoms with E-state index in [0.29, 0.717) is 11.7 Å². The third-order valence-corrected chi connectivity index (χ3v) is 2.94. The Bertz CT molecular complexity index is 375. The fourth-order valence-electron chi connectivity index (χ4n) is 1.32. The molecule has 0 spiro atoms. The first kappa shape index (κ1) is 12.7. The molecule has 15 heavy (non-hydrogen) atoms. The first-order chi connectivity index (χ1) is 6.94. The monoisotopic (exact) mass is 246 g/mol. The Morgan fingerprint density at radius 3 is 2.53 bits per heavy atom. The van der Waals surface area contributed by atoms with E-state index in [4.69, 9.17) is 14.3 Å². The van der Waals surface area contributed by atoms with Crippen molar-refractivity contribution in [3.63, 3.8) is 0 Å². The Hall–Kier alpha value is -0.410. The van der Waals surface area contributed by atoms with Crippen LogP contribution in [0.3, 0.4) is 0 Å². The Kier molecular flexibility index (Phi) is 4.29. The Morgan fingerprint density at radius 1 is 1.40 bits per heavy atom. The standard InChI is InChI=1S/C10H15O3PS/c1-3-8(2)9-6-4-5-7-10(9)13-14(11,12)15/h4-8H,3H2,1-2H3,(H2,11,12,15). The lowest BCUT2D eigenvalue weighted by molar-refractivity contribution is 0.368. The van der Waals surface area contributed by atoms with Crippen LogP contribution in [0.4, 0.5) is 0 Å². The normalized spacial score (nSPS) is 13.6. The highest BCUT2D eigenvalue weighted by molar-refractivity contribution is 8.06. The highest BCUT2D eigenvalue weighted by Crippen LogP contribution is 2.41. The molecule has 1 unspecified atom stereocenters. The SMILES string of the molecule is CCC(C)c1ccccc1OP(O)(O)=S. The van der Waals surface area contributed by atoms with Gasteiger partial charge in [0.25, 0.3) is 0 Å². The second-order valence-corrected chi connectivity index (χ2v) is 6.02. The summed E-state index contributed by atoms with van der Waals surface area (Å²) in [7, 11) is 0. The van der Waals surface area contributed by atoms with E-state index >= 15 is 0 Å². The minimum atomic E-state index is -3.63. The lowest BCUT2D eigenvalue weighted by Gasteiger charge is -2.17. The van der Waals surface area contributed by atoms with Crippen LogP contribution in [-0.4, -0.2) is 9.79 Å². The van der Waals surface area contributed by atoms with E-state index in [-0.39, 0.29) is 0 Å². The van der Waals surface area contributed by atoms with E-state index in [2.05, 4.69) is 25.7 Å². The average Bonchev–Trinajstić information content (AvgIpc) is 2.15. The molecule has 0 saturated carbocycles. The van der Waals surface area contributed by atoms with Crippen LogP contribution in [0.2, 0.25) is 0 Å². The van der Waals surface area contributed by atoms with Crippen LogP contribution in [0, 0.1) is 0 Å². The van der Waals surface area contributed by atoms with Crippen LogP contribution in [0.1, 0.15) is 31.7 Å². The maximum atomic E-state index is 9.11. The number of hydrogen-bond donors (Lipinski definition) is 2. The van der Waals surface area contributed by atoms with Crippen molar-refractivity contribution in [2.75, 3.05) is 0 Å². The molecule has 0 heterocycles. The van der Waals surface area contributed by atoms with E-state index in [1.165, 1.54) is 0 Å². The van der Waals surface area contributed by atoms with E-state index in [0.717, 1.165) is 12.0 Å². The third-order valence-electron chi connectivity index (χ3n) is 2.28. The summed E-state index contributed by atoms with van der Waals surface area (Å²) in [6, 6.07) is 7.29. The van der Waals surface area contributed by atoms with Gasteiger partial charge in [0.1, 0.15) is 5.75 Å². The van der Waals surface area contributed by atoms with Crippen LogP contribution in [-0.2, 0) is 11.8 Å². The molecule has 84 valence electrons. The largest absolute Gasteiger partial charge is 0.424 e. The highest BCUT2D eigenvalue weighted by Gasteiger charge is 2.15. The zero-order valence-electron chi connectivity index (χ0n) is 8.75. The smallest absolute Gasteiger partial charge is 0.375 e. The van der Waals surface area contributed by atoms with Gasteiger partial charge < -0.3 is 14.3 Å². The van der Waals surface area contributed by atoms with Crippen molar-refractivity contribution in [3.8, 4) is 5.75 Å². The Balaban J connectivity index is 3.01. The molecule has 0 aromatic heterocycles. The quantitative estimate of drug-likeness (QED) is 0.802. The minimum Gasteiger partial charge on any atom is -0.424 e. The molecule has 1 atom stereocenters. The van der Waals surface area contributed by atoms with Gasteiger partial charge in [0.15, 0.2) is 0 Å². The van der Waals surface area contributed by atoms with Crippen molar-refractivity contribution < 1.29 is 14.3 Å². The zero-order valence-corrected chi connectivity index (χ0v) is 10.5. The molecule has 0 radical (unpaired) electrons. The first-order valence-corrected chi connectivity index (χ1v) is 7.40. The molecule has 3 nitrogen and oxygen atoms in total. The maximum Gasteiger partial charge on any atom is 0.375 e. The summed E-state index contributed by atoms with van der Waals surface area (Å²) in [5.41, 5.74) is 0.956. The molecule has 0 fully saturated rings. The Morgan fingerprint density at radius 2 is 2.00 bits per heavy atom. The molecule has 0 saturated heterocycles. The summed E-state index contributed by atoms with van der Waals surface area (Å²) in [6.45, 7) is 0.490. The molecule has 0 aliphatic rings. The molecule has 0 aliphatic carbocycles. The summed E-state index contributed by atoms with van der Waals surface area (Å²) < 4.78 is 4.99. The highest BCUT2D eigenvalue weighted by atomic mass is 32.5. The van der Waals surface area contributed by atoms with Crippen molar-refractivity contribution in [2.45, 2.75) is 26.2 Å². The van der Waals surface area contributed by atoms with Gasteiger partial charge in [-0.3, -0.25) is 0 Å². The van der Waals surface area contributed by atoms with Gasteiger partial charge in [0, 0.05) is 11.8 Å². The van der Waals surface area contributed by atoms with Crippen molar-refractivity contribution in [1.29, 1.82) is 0 Å². The minimum absolute atomic E-state index is 0.308. The molecule has 2 N–H and O–H groups in total. The predicted molar refractivity (Wildman–Crippen MR) is 64.5 cm³/mol. The average molecular weight is 246 g/mol. The maximum absolute atomic E-state index is 9.11. The molecule has 0 amide bonds. The number of rotatable bonds is 4. The van der Waals surface area contributed by atoms with Gasteiger partial charge in [-0.25, -0.2) is 0 Å². The van der Waals surface area contributed by atoms with E-state index in [1.807, 2.05) is 12.1 Å². The number of hydrogen-bond acceptors (Lipinski definition) is 2. The van der Waals surface area contributed by atoms with Crippen LogP contribution in [0.15, 0.2) is 24.3 Å². The molecule has 0 bridgehead atoms. The topological polar surface area (TPSA) is 49.7 Å². The molecule has 1 aromatic rings. The summed E-state index contributed by atoms with van der Waals surface area (Å²) >= 11 is 4.45.